The molecule has 0 saturated carbocycles. The molecule has 0 aliphatic rings. The Kier molecular flexibility index (Phi) is 7.48. The third-order valence-electron chi connectivity index (χ3n) is 4.77. The first-order valence-electron chi connectivity index (χ1n) is 10.2. The predicted molar refractivity (Wildman–Crippen MR) is 123 cm³/mol. The number of sulfonamides is 1. The molecule has 168 valence electrons. The van der Waals surface area contributed by atoms with Crippen LogP contribution >= 0.6 is 0 Å². The molecule has 2 N–H and O–H groups in total. The van der Waals surface area contributed by atoms with Gasteiger partial charge in [-0.15, -0.1) is 0 Å². The molecule has 8 heteroatoms. The van der Waals surface area contributed by atoms with Crippen LogP contribution in [0.4, 0.5) is 15.8 Å². The summed E-state index contributed by atoms with van der Waals surface area (Å²) in [5.41, 5.74) is 1.59. The minimum absolute atomic E-state index is 0.0414. The number of benzene rings is 3. The topological polar surface area (TPSA) is 84.5 Å². The molecule has 0 radical (unpaired) electrons. The molecule has 0 spiro atoms. The fourth-order valence-corrected chi connectivity index (χ4v) is 4.53. The number of halogens is 1. The van der Waals surface area contributed by atoms with Gasteiger partial charge in [-0.2, -0.15) is 0 Å². The molecule has 0 atom stereocenters. The summed E-state index contributed by atoms with van der Waals surface area (Å²) < 4.78 is 47.4. The Hall–Kier alpha value is -3.39. The van der Waals surface area contributed by atoms with Crippen LogP contribution in [-0.2, 0) is 21.2 Å². The molecule has 0 aliphatic carbocycles. The van der Waals surface area contributed by atoms with Crippen LogP contribution in [0.3, 0.4) is 0 Å². The van der Waals surface area contributed by atoms with Crippen LogP contribution in [0.5, 0.6) is 5.75 Å². The molecule has 0 aromatic heterocycles. The smallest absolute Gasteiger partial charge is 0.262 e. The van der Waals surface area contributed by atoms with Crippen molar-refractivity contribution in [3.63, 3.8) is 0 Å². The Morgan fingerprint density at radius 2 is 1.75 bits per heavy atom. The maximum Gasteiger partial charge on any atom is 0.262 e. The van der Waals surface area contributed by atoms with Crippen LogP contribution < -0.4 is 14.8 Å². The molecular formula is C24H25FN2O4S. The fraction of sp³-hybridized carbons (Fsp3) is 0.208. The van der Waals surface area contributed by atoms with Gasteiger partial charge in [-0.1, -0.05) is 36.4 Å². The SMILES string of the molecule is CCOc1ccccc1CCC(=O)Nc1ccc(C)c(S(=O)(=O)Nc2ccccc2F)c1. The summed E-state index contributed by atoms with van der Waals surface area (Å²) >= 11 is 0. The van der Waals surface area contributed by atoms with Gasteiger partial charge >= 0.3 is 0 Å². The number of anilines is 2. The van der Waals surface area contributed by atoms with Gasteiger partial charge in [0.05, 0.1) is 17.2 Å². The molecule has 0 aliphatic heterocycles. The van der Waals surface area contributed by atoms with E-state index < -0.39 is 15.8 Å². The van der Waals surface area contributed by atoms with Crippen molar-refractivity contribution < 1.29 is 22.3 Å². The number of rotatable bonds is 9. The maximum absolute atomic E-state index is 13.9. The zero-order chi connectivity index (χ0) is 23.1. The van der Waals surface area contributed by atoms with Crippen molar-refractivity contribution in [2.45, 2.75) is 31.6 Å². The van der Waals surface area contributed by atoms with E-state index in [1.165, 1.54) is 30.3 Å². The number of carbonyl (C=O) groups excluding carboxylic acids is 1. The van der Waals surface area contributed by atoms with Gasteiger partial charge in [0, 0.05) is 12.1 Å². The number of hydrogen-bond donors (Lipinski definition) is 2. The van der Waals surface area contributed by atoms with Crippen molar-refractivity contribution in [3.05, 3.63) is 83.7 Å². The van der Waals surface area contributed by atoms with E-state index in [1.54, 1.807) is 19.1 Å². The maximum atomic E-state index is 13.9. The van der Waals surface area contributed by atoms with E-state index in [2.05, 4.69) is 10.0 Å². The summed E-state index contributed by atoms with van der Waals surface area (Å²) in [7, 11) is -4.05. The Balaban J connectivity index is 1.71. The van der Waals surface area contributed by atoms with Gasteiger partial charge in [0.1, 0.15) is 11.6 Å². The summed E-state index contributed by atoms with van der Waals surface area (Å²) in [5, 5.41) is 2.73. The first-order valence-corrected chi connectivity index (χ1v) is 11.7. The highest BCUT2D eigenvalue weighted by Crippen LogP contribution is 2.25. The molecule has 0 unspecified atom stereocenters. The summed E-state index contributed by atoms with van der Waals surface area (Å²) in [6.07, 6.45) is 0.682. The summed E-state index contributed by atoms with van der Waals surface area (Å²) in [6.45, 7) is 4.06. The number of para-hydroxylation sites is 2. The largest absolute Gasteiger partial charge is 0.494 e. The fourth-order valence-electron chi connectivity index (χ4n) is 3.19. The number of ether oxygens (including phenoxy) is 1. The number of hydrogen-bond acceptors (Lipinski definition) is 4. The lowest BCUT2D eigenvalue weighted by atomic mass is 10.1. The van der Waals surface area contributed by atoms with Gasteiger partial charge in [0.15, 0.2) is 0 Å². The van der Waals surface area contributed by atoms with Crippen molar-refractivity contribution in [2.75, 3.05) is 16.6 Å². The first-order chi connectivity index (χ1) is 15.3. The molecule has 0 heterocycles. The van der Waals surface area contributed by atoms with Gasteiger partial charge in [-0.3, -0.25) is 9.52 Å². The average Bonchev–Trinajstić information content (AvgIpc) is 2.76. The zero-order valence-electron chi connectivity index (χ0n) is 17.9. The van der Waals surface area contributed by atoms with Crippen molar-refractivity contribution in [3.8, 4) is 5.75 Å². The Labute approximate surface area is 187 Å². The monoisotopic (exact) mass is 456 g/mol. The van der Waals surface area contributed by atoms with E-state index in [1.807, 2.05) is 31.2 Å². The van der Waals surface area contributed by atoms with Gasteiger partial charge in [-0.05, 0) is 61.7 Å². The Bertz CT molecular complexity index is 1210. The standard InChI is InChI=1S/C24H25FN2O4S/c1-3-31-22-11-7-4-8-18(22)13-15-24(28)26-19-14-12-17(2)23(16-19)32(29,30)27-21-10-6-5-9-20(21)25/h4-12,14,16,27H,3,13,15H2,1-2H3,(H,26,28). The lowest BCUT2D eigenvalue weighted by molar-refractivity contribution is -0.116. The van der Waals surface area contributed by atoms with Gasteiger partial charge in [-0.25, -0.2) is 12.8 Å². The van der Waals surface area contributed by atoms with E-state index in [9.17, 15) is 17.6 Å². The second-order valence-electron chi connectivity index (χ2n) is 7.15. The Morgan fingerprint density at radius 3 is 2.50 bits per heavy atom. The third-order valence-corrected chi connectivity index (χ3v) is 6.28. The van der Waals surface area contributed by atoms with Crippen LogP contribution in [-0.4, -0.2) is 20.9 Å². The number of carbonyl (C=O) groups is 1. The molecule has 6 nitrogen and oxygen atoms in total. The molecule has 0 saturated heterocycles. The molecule has 3 aromatic rings. The summed E-state index contributed by atoms with van der Waals surface area (Å²) in [4.78, 5) is 12.4. The highest BCUT2D eigenvalue weighted by atomic mass is 32.2. The number of aryl methyl sites for hydroxylation is 2. The van der Waals surface area contributed by atoms with Crippen LogP contribution in [0.1, 0.15) is 24.5 Å². The van der Waals surface area contributed by atoms with Gasteiger partial charge < -0.3 is 10.1 Å². The zero-order valence-corrected chi connectivity index (χ0v) is 18.7. The second-order valence-corrected chi connectivity index (χ2v) is 8.81. The first kappa shape index (κ1) is 23.3. The number of amides is 1. The summed E-state index contributed by atoms with van der Waals surface area (Å²) in [6, 6.07) is 17.6. The molecule has 0 fully saturated rings. The summed E-state index contributed by atoms with van der Waals surface area (Å²) in [5.74, 6) is -0.193. The molecule has 32 heavy (non-hydrogen) atoms. The Morgan fingerprint density at radius 1 is 1.03 bits per heavy atom. The van der Waals surface area contributed by atoms with E-state index in [4.69, 9.17) is 4.74 Å². The molecular weight excluding hydrogens is 431 g/mol. The van der Waals surface area contributed by atoms with Crippen LogP contribution in [0.15, 0.2) is 71.6 Å². The van der Waals surface area contributed by atoms with Crippen LogP contribution in [0.2, 0.25) is 0 Å². The molecule has 1 amide bonds. The normalized spacial score (nSPS) is 11.1. The predicted octanol–water partition coefficient (Wildman–Crippen LogP) is 4.90. The lowest BCUT2D eigenvalue weighted by Crippen LogP contribution is -2.17. The minimum atomic E-state index is -4.05. The third kappa shape index (κ3) is 5.85. The highest BCUT2D eigenvalue weighted by molar-refractivity contribution is 7.92. The number of nitrogens with one attached hydrogen (secondary N) is 2. The van der Waals surface area contributed by atoms with E-state index in [0.29, 0.717) is 24.3 Å². The van der Waals surface area contributed by atoms with E-state index in [0.717, 1.165) is 11.3 Å². The van der Waals surface area contributed by atoms with Crippen molar-refractivity contribution in [2.24, 2.45) is 0 Å². The van der Waals surface area contributed by atoms with Gasteiger partial charge in [0.25, 0.3) is 10.0 Å². The molecule has 3 rings (SSSR count). The van der Waals surface area contributed by atoms with Crippen molar-refractivity contribution in [1.29, 1.82) is 0 Å². The van der Waals surface area contributed by atoms with Crippen LogP contribution in [0, 0.1) is 12.7 Å². The average molecular weight is 457 g/mol. The minimum Gasteiger partial charge on any atom is -0.494 e. The van der Waals surface area contributed by atoms with Crippen molar-refractivity contribution >= 4 is 27.3 Å². The van der Waals surface area contributed by atoms with Gasteiger partial charge in [0.2, 0.25) is 5.91 Å². The quantitative estimate of drug-likeness (QED) is 0.479. The van der Waals surface area contributed by atoms with E-state index in [-0.39, 0.29) is 22.9 Å². The molecule has 0 bridgehead atoms. The van der Waals surface area contributed by atoms with E-state index >= 15 is 0 Å². The molecule has 3 aromatic carbocycles. The van der Waals surface area contributed by atoms with Crippen molar-refractivity contribution in [1.82, 2.24) is 0 Å². The second kappa shape index (κ2) is 10.3. The van der Waals surface area contributed by atoms with Crippen LogP contribution in [0.25, 0.3) is 0 Å². The highest BCUT2D eigenvalue weighted by Gasteiger charge is 2.19. The lowest BCUT2D eigenvalue weighted by Gasteiger charge is -2.13.